The lowest BCUT2D eigenvalue weighted by Crippen LogP contribution is -2.43. The summed E-state index contributed by atoms with van der Waals surface area (Å²) in [4.78, 5) is 14.9. The Hall–Kier alpha value is -3.03. The van der Waals surface area contributed by atoms with E-state index in [0.29, 0.717) is 29.4 Å². The second-order valence-electron chi connectivity index (χ2n) is 7.32. The summed E-state index contributed by atoms with van der Waals surface area (Å²) in [7, 11) is -2.04. The predicted octanol–water partition coefficient (Wildman–Crippen LogP) is 4.10. The number of hydrogen-bond acceptors (Lipinski definition) is 4. The van der Waals surface area contributed by atoms with Crippen molar-refractivity contribution in [2.24, 2.45) is 0 Å². The number of rotatable bonds is 9. The molecule has 1 amide bonds. The van der Waals surface area contributed by atoms with E-state index in [0.717, 1.165) is 9.99 Å². The minimum atomic E-state index is -3.97. The van der Waals surface area contributed by atoms with Crippen molar-refractivity contribution in [3.8, 4) is 0 Å². The zero-order valence-electron chi connectivity index (χ0n) is 18.0. The quantitative estimate of drug-likeness (QED) is 0.510. The van der Waals surface area contributed by atoms with Gasteiger partial charge in [0.05, 0.1) is 10.6 Å². The molecule has 3 rings (SSSR count). The van der Waals surface area contributed by atoms with Gasteiger partial charge in [-0.3, -0.25) is 9.10 Å². The lowest BCUT2D eigenvalue weighted by atomic mass is 10.2. The molecule has 0 saturated carbocycles. The fraction of sp³-hybridized carbons (Fsp3) is 0.208. The zero-order chi connectivity index (χ0) is 23.1. The molecule has 0 bridgehead atoms. The topological polar surface area (TPSA) is 69.7 Å². The summed E-state index contributed by atoms with van der Waals surface area (Å²) in [5, 5.41) is 3.25. The largest absolute Gasteiger partial charge is 0.373 e. The molecule has 168 valence electrons. The highest BCUT2D eigenvalue weighted by molar-refractivity contribution is 7.92. The summed E-state index contributed by atoms with van der Waals surface area (Å²) in [6.45, 7) is 2.33. The van der Waals surface area contributed by atoms with Gasteiger partial charge in [0, 0.05) is 30.8 Å². The molecule has 0 aliphatic rings. The first-order chi connectivity index (χ1) is 15.3. The molecule has 32 heavy (non-hydrogen) atoms. The fourth-order valence-corrected chi connectivity index (χ4v) is 4.92. The van der Waals surface area contributed by atoms with Crippen molar-refractivity contribution < 1.29 is 13.2 Å². The number of likely N-dealkylation sites (N-methyl/N-ethyl adjacent to an activating group) is 1. The number of hydrogen-bond donors (Lipinski definition) is 1. The van der Waals surface area contributed by atoms with Crippen LogP contribution in [0.2, 0.25) is 5.02 Å². The van der Waals surface area contributed by atoms with Crippen molar-refractivity contribution in [2.45, 2.75) is 11.8 Å². The molecule has 3 aromatic rings. The van der Waals surface area contributed by atoms with Crippen LogP contribution >= 0.6 is 11.6 Å². The molecule has 0 fully saturated rings. The normalized spacial score (nSPS) is 11.1. The summed E-state index contributed by atoms with van der Waals surface area (Å²) in [6.07, 6.45) is 0. The van der Waals surface area contributed by atoms with Crippen molar-refractivity contribution >= 4 is 38.9 Å². The van der Waals surface area contributed by atoms with Gasteiger partial charge in [0.1, 0.15) is 6.54 Å². The molecule has 3 aromatic carbocycles. The number of amides is 1. The van der Waals surface area contributed by atoms with E-state index in [4.69, 9.17) is 11.6 Å². The molecule has 1 N–H and O–H groups in total. The van der Waals surface area contributed by atoms with E-state index in [-0.39, 0.29) is 11.4 Å². The van der Waals surface area contributed by atoms with Crippen LogP contribution in [-0.2, 0) is 14.8 Å². The van der Waals surface area contributed by atoms with Gasteiger partial charge < -0.3 is 10.2 Å². The van der Waals surface area contributed by atoms with E-state index in [1.165, 1.54) is 12.1 Å². The van der Waals surface area contributed by atoms with Crippen LogP contribution in [-0.4, -0.2) is 41.0 Å². The van der Waals surface area contributed by atoms with Gasteiger partial charge >= 0.3 is 0 Å². The van der Waals surface area contributed by atoms with Gasteiger partial charge in [0.15, 0.2) is 0 Å². The van der Waals surface area contributed by atoms with E-state index < -0.39 is 15.9 Å². The van der Waals surface area contributed by atoms with Crippen LogP contribution in [0.1, 0.15) is 5.56 Å². The van der Waals surface area contributed by atoms with Crippen molar-refractivity contribution in [2.75, 3.05) is 35.9 Å². The Morgan fingerprint density at radius 1 is 0.938 bits per heavy atom. The highest BCUT2D eigenvalue weighted by Crippen LogP contribution is 2.30. The molecule has 0 heterocycles. The molecular formula is C24H26ClN3O3S. The van der Waals surface area contributed by atoms with Gasteiger partial charge in [-0.25, -0.2) is 8.42 Å². The highest BCUT2D eigenvalue weighted by Gasteiger charge is 2.28. The monoisotopic (exact) mass is 471 g/mol. The third-order valence-electron chi connectivity index (χ3n) is 5.09. The summed E-state index contributed by atoms with van der Waals surface area (Å²) in [6, 6.07) is 22.9. The molecule has 6 nitrogen and oxygen atoms in total. The second-order valence-corrected chi connectivity index (χ2v) is 9.59. The number of carbonyl (C=O) groups excluding carboxylic acids is 1. The summed E-state index contributed by atoms with van der Waals surface area (Å²) >= 11 is 6.24. The van der Waals surface area contributed by atoms with Crippen LogP contribution in [0.25, 0.3) is 0 Å². The Morgan fingerprint density at radius 3 is 2.22 bits per heavy atom. The average Bonchev–Trinajstić information content (AvgIpc) is 2.80. The number of para-hydroxylation sites is 1. The molecule has 0 spiro atoms. The first kappa shape index (κ1) is 23.6. The summed E-state index contributed by atoms with van der Waals surface area (Å²) < 4.78 is 27.9. The Morgan fingerprint density at radius 2 is 1.56 bits per heavy atom. The average molecular weight is 472 g/mol. The van der Waals surface area contributed by atoms with E-state index in [9.17, 15) is 13.2 Å². The fourth-order valence-electron chi connectivity index (χ4n) is 3.25. The first-order valence-electron chi connectivity index (χ1n) is 10.2. The Balaban J connectivity index is 1.77. The maximum absolute atomic E-state index is 13.4. The van der Waals surface area contributed by atoms with Gasteiger partial charge in [-0.1, -0.05) is 54.1 Å². The van der Waals surface area contributed by atoms with E-state index >= 15 is 0 Å². The molecule has 0 unspecified atom stereocenters. The SMILES string of the molecule is Cc1c(Cl)cccc1N(CC(=O)NCCN(C)c1ccccc1)S(=O)(=O)c1ccccc1. The number of benzene rings is 3. The standard InChI is InChI=1S/C24H26ClN3O3S/c1-19-22(25)14-9-15-23(19)28(32(30,31)21-12-7-4-8-13-21)18-24(29)26-16-17-27(2)20-10-5-3-6-11-20/h3-15H,16-18H2,1-2H3,(H,26,29). The van der Waals surface area contributed by atoms with Crippen LogP contribution in [0.3, 0.4) is 0 Å². The van der Waals surface area contributed by atoms with Gasteiger partial charge in [-0.05, 0) is 48.9 Å². The lowest BCUT2D eigenvalue weighted by Gasteiger charge is -2.26. The van der Waals surface area contributed by atoms with Gasteiger partial charge in [-0.15, -0.1) is 0 Å². The lowest BCUT2D eigenvalue weighted by molar-refractivity contribution is -0.119. The van der Waals surface area contributed by atoms with E-state index in [2.05, 4.69) is 5.32 Å². The maximum Gasteiger partial charge on any atom is 0.264 e. The molecule has 0 aliphatic heterocycles. The van der Waals surface area contributed by atoms with Crippen molar-refractivity contribution in [3.05, 3.63) is 89.4 Å². The molecule has 0 atom stereocenters. The van der Waals surface area contributed by atoms with Gasteiger partial charge in [-0.2, -0.15) is 0 Å². The number of nitrogens with one attached hydrogen (secondary N) is 1. The summed E-state index contributed by atoms with van der Waals surface area (Å²) in [5.41, 5.74) is 1.99. The molecule has 0 aromatic heterocycles. The minimum Gasteiger partial charge on any atom is -0.373 e. The molecule has 0 radical (unpaired) electrons. The van der Waals surface area contributed by atoms with Crippen LogP contribution in [0.15, 0.2) is 83.8 Å². The van der Waals surface area contributed by atoms with E-state index in [1.54, 1.807) is 43.3 Å². The van der Waals surface area contributed by atoms with Crippen LogP contribution in [0.5, 0.6) is 0 Å². The van der Waals surface area contributed by atoms with Crippen LogP contribution in [0, 0.1) is 6.92 Å². The van der Waals surface area contributed by atoms with Crippen LogP contribution < -0.4 is 14.5 Å². The predicted molar refractivity (Wildman–Crippen MR) is 130 cm³/mol. The molecular weight excluding hydrogens is 446 g/mol. The van der Waals surface area contributed by atoms with Crippen molar-refractivity contribution in [1.29, 1.82) is 0 Å². The Bertz CT molecular complexity index is 1160. The van der Waals surface area contributed by atoms with Crippen LogP contribution in [0.4, 0.5) is 11.4 Å². The number of anilines is 2. The number of sulfonamides is 1. The Labute approximate surface area is 194 Å². The van der Waals surface area contributed by atoms with Gasteiger partial charge in [0.25, 0.3) is 10.0 Å². The highest BCUT2D eigenvalue weighted by atomic mass is 35.5. The van der Waals surface area contributed by atoms with Crippen molar-refractivity contribution in [1.82, 2.24) is 5.32 Å². The minimum absolute atomic E-state index is 0.107. The number of carbonyl (C=O) groups is 1. The third kappa shape index (κ3) is 5.60. The number of nitrogens with zero attached hydrogens (tertiary/aromatic N) is 2. The molecule has 0 aliphatic carbocycles. The maximum atomic E-state index is 13.4. The summed E-state index contributed by atoms with van der Waals surface area (Å²) in [5.74, 6) is -0.398. The second kappa shape index (κ2) is 10.5. The third-order valence-corrected chi connectivity index (χ3v) is 7.28. The molecule has 8 heteroatoms. The number of halogens is 1. The van der Waals surface area contributed by atoms with E-state index in [1.807, 2.05) is 42.3 Å². The first-order valence-corrected chi connectivity index (χ1v) is 12.0. The van der Waals surface area contributed by atoms with Crippen molar-refractivity contribution in [3.63, 3.8) is 0 Å². The van der Waals surface area contributed by atoms with Gasteiger partial charge in [0.2, 0.25) is 5.91 Å². The Kier molecular flexibility index (Phi) is 7.77. The smallest absolute Gasteiger partial charge is 0.264 e. The molecule has 0 saturated heterocycles. The zero-order valence-corrected chi connectivity index (χ0v) is 19.6.